The van der Waals surface area contributed by atoms with E-state index in [2.05, 4.69) is 10.2 Å². The molecule has 2 aromatic carbocycles. The van der Waals surface area contributed by atoms with Crippen molar-refractivity contribution in [3.8, 4) is 17.2 Å². The fourth-order valence-electron chi connectivity index (χ4n) is 3.79. The predicted molar refractivity (Wildman–Crippen MR) is 121 cm³/mol. The van der Waals surface area contributed by atoms with Crippen LogP contribution < -0.4 is 19.5 Å². The number of nitrogens with one attached hydrogen (secondary N) is 1. The molecule has 32 heavy (non-hydrogen) atoms. The van der Waals surface area contributed by atoms with Gasteiger partial charge >= 0.3 is 0 Å². The second kappa shape index (κ2) is 10.1. The average Bonchev–Trinajstić information content (AvgIpc) is 2.82. The first-order valence-electron chi connectivity index (χ1n) is 10.6. The summed E-state index contributed by atoms with van der Waals surface area (Å²) in [6.07, 6.45) is -0.296. The molecule has 2 heterocycles. The van der Waals surface area contributed by atoms with Gasteiger partial charge in [-0.25, -0.2) is 0 Å². The Morgan fingerprint density at radius 3 is 2.62 bits per heavy atom. The van der Waals surface area contributed by atoms with Crippen molar-refractivity contribution in [1.29, 1.82) is 0 Å². The fourth-order valence-corrected chi connectivity index (χ4v) is 3.96. The quantitative estimate of drug-likeness (QED) is 0.715. The number of anilines is 1. The summed E-state index contributed by atoms with van der Waals surface area (Å²) in [7, 11) is 1.54. The second-order valence-electron chi connectivity index (χ2n) is 7.67. The van der Waals surface area contributed by atoms with Crippen LogP contribution in [0.4, 0.5) is 5.69 Å². The molecule has 0 saturated carbocycles. The fraction of sp³-hybridized carbons (Fsp3) is 0.391. The number of rotatable bonds is 6. The third-order valence-corrected chi connectivity index (χ3v) is 5.79. The Hall–Kier alpha value is -2.97. The third kappa shape index (κ3) is 5.26. The van der Waals surface area contributed by atoms with E-state index in [-0.39, 0.29) is 18.4 Å². The van der Waals surface area contributed by atoms with E-state index in [0.29, 0.717) is 67.1 Å². The largest absolute Gasteiger partial charge is 0.495 e. The van der Waals surface area contributed by atoms with Crippen LogP contribution in [-0.2, 0) is 9.59 Å². The molecule has 2 aromatic rings. The number of hydrogen-bond acceptors (Lipinski definition) is 6. The topological polar surface area (TPSA) is 80.3 Å². The second-order valence-corrected chi connectivity index (χ2v) is 8.11. The van der Waals surface area contributed by atoms with Crippen molar-refractivity contribution in [2.24, 2.45) is 0 Å². The first-order valence-corrected chi connectivity index (χ1v) is 10.9. The molecule has 8 nitrogen and oxygen atoms in total. The van der Waals surface area contributed by atoms with Gasteiger partial charge in [0, 0.05) is 44.2 Å². The molecule has 1 fully saturated rings. The molecule has 1 atom stereocenters. The lowest BCUT2D eigenvalue weighted by Crippen LogP contribution is -2.54. The van der Waals surface area contributed by atoms with E-state index in [1.165, 1.54) is 0 Å². The highest BCUT2D eigenvalue weighted by Gasteiger charge is 2.32. The molecule has 1 unspecified atom stereocenters. The molecule has 2 aliphatic heterocycles. The Morgan fingerprint density at radius 1 is 1.12 bits per heavy atom. The minimum atomic E-state index is -0.630. The van der Waals surface area contributed by atoms with E-state index in [4.69, 9.17) is 25.8 Å². The predicted octanol–water partition coefficient (Wildman–Crippen LogP) is 2.66. The Balaban J connectivity index is 1.22. The number of nitrogens with zero attached hydrogens (tertiary/aromatic N) is 2. The zero-order chi connectivity index (χ0) is 22.5. The number of halogens is 1. The minimum Gasteiger partial charge on any atom is -0.495 e. The molecule has 2 aliphatic rings. The first-order chi connectivity index (χ1) is 15.5. The summed E-state index contributed by atoms with van der Waals surface area (Å²) in [6.45, 7) is 3.39. The summed E-state index contributed by atoms with van der Waals surface area (Å²) < 4.78 is 16.8. The van der Waals surface area contributed by atoms with Crippen LogP contribution in [0.5, 0.6) is 17.2 Å². The molecule has 1 saturated heterocycles. The number of piperazine rings is 1. The third-order valence-electron chi connectivity index (χ3n) is 5.56. The zero-order valence-electron chi connectivity index (χ0n) is 17.9. The molecule has 0 radical (unpaired) electrons. The van der Waals surface area contributed by atoms with E-state index in [0.717, 1.165) is 0 Å². The maximum Gasteiger partial charge on any atom is 0.267 e. The van der Waals surface area contributed by atoms with Crippen molar-refractivity contribution in [3.05, 3.63) is 47.5 Å². The number of amides is 2. The minimum absolute atomic E-state index is 0.0649. The lowest BCUT2D eigenvalue weighted by atomic mass is 10.2. The number of fused-ring (bicyclic) bond motifs is 1. The van der Waals surface area contributed by atoms with Gasteiger partial charge in [-0.1, -0.05) is 23.7 Å². The number of carbonyl (C=O) groups excluding carboxylic acids is 2. The van der Waals surface area contributed by atoms with Gasteiger partial charge in [0.25, 0.3) is 5.91 Å². The number of hydrogen-bond donors (Lipinski definition) is 1. The summed E-state index contributed by atoms with van der Waals surface area (Å²) >= 11 is 6.01. The van der Waals surface area contributed by atoms with E-state index in [1.54, 1.807) is 36.3 Å². The van der Waals surface area contributed by atoms with Crippen LogP contribution in [0, 0.1) is 0 Å². The number of methoxy groups -OCH3 is 1. The van der Waals surface area contributed by atoms with Crippen LogP contribution in [-0.4, -0.2) is 74.2 Å². The van der Waals surface area contributed by atoms with E-state index >= 15 is 0 Å². The van der Waals surface area contributed by atoms with Crippen molar-refractivity contribution in [2.75, 3.05) is 51.8 Å². The molecule has 1 N–H and O–H groups in total. The zero-order valence-corrected chi connectivity index (χ0v) is 18.6. The summed E-state index contributed by atoms with van der Waals surface area (Å²) in [5, 5.41) is 3.38. The van der Waals surface area contributed by atoms with Crippen molar-refractivity contribution in [3.63, 3.8) is 0 Å². The van der Waals surface area contributed by atoms with Crippen molar-refractivity contribution in [2.45, 2.75) is 12.5 Å². The highest BCUT2D eigenvalue weighted by atomic mass is 35.5. The van der Waals surface area contributed by atoms with Gasteiger partial charge in [0.05, 0.1) is 12.8 Å². The highest BCUT2D eigenvalue weighted by Crippen LogP contribution is 2.31. The maximum absolute atomic E-state index is 12.8. The molecule has 0 spiro atoms. The van der Waals surface area contributed by atoms with E-state index < -0.39 is 6.10 Å². The Kier molecular flexibility index (Phi) is 7.02. The van der Waals surface area contributed by atoms with Crippen molar-refractivity contribution >= 4 is 29.1 Å². The monoisotopic (exact) mass is 459 g/mol. The Labute approximate surface area is 192 Å². The SMILES string of the molecule is COc1ccc(Cl)cc1NC(=O)CCN1CCN(C(=O)C2COc3ccccc3O2)CC1. The van der Waals surface area contributed by atoms with Gasteiger partial charge < -0.3 is 24.4 Å². The normalized spacial score (nSPS) is 18.2. The first kappa shape index (κ1) is 22.2. The van der Waals surface area contributed by atoms with Gasteiger partial charge in [-0.15, -0.1) is 0 Å². The maximum atomic E-state index is 12.8. The molecular weight excluding hydrogens is 434 g/mol. The lowest BCUT2D eigenvalue weighted by molar-refractivity contribution is -0.143. The summed E-state index contributed by atoms with van der Waals surface area (Å²) in [4.78, 5) is 29.2. The van der Waals surface area contributed by atoms with Gasteiger partial charge in [0.2, 0.25) is 12.0 Å². The van der Waals surface area contributed by atoms with Crippen LogP contribution in [0.15, 0.2) is 42.5 Å². The van der Waals surface area contributed by atoms with Crippen molar-refractivity contribution in [1.82, 2.24) is 9.80 Å². The summed E-state index contributed by atoms with van der Waals surface area (Å²) in [5.41, 5.74) is 0.552. The van der Waals surface area contributed by atoms with Gasteiger partial charge in [0.15, 0.2) is 11.5 Å². The molecule has 0 aromatic heterocycles. The Morgan fingerprint density at radius 2 is 1.88 bits per heavy atom. The van der Waals surface area contributed by atoms with Gasteiger partial charge in [0.1, 0.15) is 12.4 Å². The molecule has 0 bridgehead atoms. The van der Waals surface area contributed by atoms with Gasteiger partial charge in [-0.05, 0) is 30.3 Å². The average molecular weight is 460 g/mol. The van der Waals surface area contributed by atoms with Crippen LogP contribution in [0.25, 0.3) is 0 Å². The van der Waals surface area contributed by atoms with Crippen LogP contribution in [0.2, 0.25) is 5.02 Å². The summed E-state index contributed by atoms with van der Waals surface area (Å²) in [6, 6.07) is 12.4. The number of benzene rings is 2. The van der Waals surface area contributed by atoms with Crippen LogP contribution in [0.3, 0.4) is 0 Å². The van der Waals surface area contributed by atoms with Crippen LogP contribution in [0.1, 0.15) is 6.42 Å². The van der Waals surface area contributed by atoms with Gasteiger partial charge in [-0.2, -0.15) is 0 Å². The standard InChI is InChI=1S/C23H26ClN3O5/c1-30-18-7-6-16(24)14-17(18)25-22(28)8-9-26-10-12-27(13-11-26)23(29)21-15-31-19-4-2-3-5-20(19)32-21/h2-7,14,21H,8-13,15H2,1H3,(H,25,28). The molecule has 2 amide bonds. The van der Waals surface area contributed by atoms with Crippen molar-refractivity contribution < 1.29 is 23.8 Å². The number of ether oxygens (including phenoxy) is 3. The molecule has 170 valence electrons. The Bertz CT molecular complexity index is 978. The lowest BCUT2D eigenvalue weighted by Gasteiger charge is -2.37. The van der Waals surface area contributed by atoms with Gasteiger partial charge in [-0.3, -0.25) is 14.5 Å². The molecule has 0 aliphatic carbocycles. The summed E-state index contributed by atoms with van der Waals surface area (Å²) in [5.74, 6) is 1.64. The smallest absolute Gasteiger partial charge is 0.267 e. The molecule has 4 rings (SSSR count). The van der Waals surface area contributed by atoms with E-state index in [9.17, 15) is 9.59 Å². The number of carbonyl (C=O) groups is 2. The highest BCUT2D eigenvalue weighted by molar-refractivity contribution is 6.31. The number of para-hydroxylation sites is 2. The van der Waals surface area contributed by atoms with Crippen LogP contribution >= 0.6 is 11.6 Å². The van der Waals surface area contributed by atoms with E-state index in [1.807, 2.05) is 18.2 Å². The molecule has 9 heteroatoms. The molecular formula is C23H26ClN3O5.